The molecule has 0 N–H and O–H groups in total. The molecule has 4 nitrogen and oxygen atoms in total. The molecule has 0 amide bonds. The van der Waals surface area contributed by atoms with E-state index >= 15 is 0 Å². The first-order valence-corrected chi connectivity index (χ1v) is 7.21. The molecule has 2 rings (SSSR count). The number of hydrogen-bond acceptors (Lipinski definition) is 4. The summed E-state index contributed by atoms with van der Waals surface area (Å²) in [6.07, 6.45) is -3.16. The number of halogens is 3. The Hall–Kier alpha value is -1.37. The van der Waals surface area contributed by atoms with Gasteiger partial charge < -0.3 is 14.2 Å². The molecule has 1 aromatic carbocycles. The van der Waals surface area contributed by atoms with E-state index in [1.807, 2.05) is 0 Å². The van der Waals surface area contributed by atoms with Crippen molar-refractivity contribution in [1.82, 2.24) is 0 Å². The van der Waals surface area contributed by atoms with Crippen LogP contribution in [0.1, 0.15) is 24.8 Å². The van der Waals surface area contributed by atoms with Crippen molar-refractivity contribution in [3.8, 4) is 11.5 Å². The van der Waals surface area contributed by atoms with Gasteiger partial charge in [-0.2, -0.15) is 0 Å². The van der Waals surface area contributed by atoms with Crippen LogP contribution in [0, 0.1) is 0 Å². The summed E-state index contributed by atoms with van der Waals surface area (Å²) in [5.41, 5.74) is 0.558. The monoisotopic (exact) mass is 350 g/mol. The Labute approximate surface area is 123 Å². The predicted octanol–water partition coefficient (Wildman–Crippen LogP) is 3.44. The van der Waals surface area contributed by atoms with Crippen molar-refractivity contribution in [1.29, 1.82) is 0 Å². The molecule has 0 fully saturated rings. The summed E-state index contributed by atoms with van der Waals surface area (Å²) >= 11 is 3.26. The third-order valence-electron chi connectivity index (χ3n) is 2.80. The number of rotatable bonds is 5. The van der Waals surface area contributed by atoms with Crippen LogP contribution >= 0.6 is 15.9 Å². The molecule has 0 saturated heterocycles. The van der Waals surface area contributed by atoms with Crippen molar-refractivity contribution in [3.05, 3.63) is 23.8 Å². The fourth-order valence-electron chi connectivity index (χ4n) is 1.95. The highest BCUT2D eigenvalue weighted by molar-refractivity contribution is 9.09. The van der Waals surface area contributed by atoms with Crippen molar-refractivity contribution in [3.63, 3.8) is 0 Å². The first kappa shape index (κ1) is 15.0. The number of alkyl halides is 3. The van der Waals surface area contributed by atoms with E-state index in [4.69, 9.17) is 4.74 Å². The Morgan fingerprint density at radius 1 is 1.40 bits per heavy atom. The second kappa shape index (κ2) is 5.95. The Morgan fingerprint density at radius 3 is 2.75 bits per heavy atom. The SMILES string of the molecule is CCOC(=O)C(CCBr)c1ccc2c(c1)OC(F)(F)O2. The van der Waals surface area contributed by atoms with Gasteiger partial charge in [-0.25, -0.2) is 0 Å². The van der Waals surface area contributed by atoms with Crippen LogP contribution in [0.15, 0.2) is 18.2 Å². The third kappa shape index (κ3) is 3.20. The number of carbonyl (C=O) groups is 1. The summed E-state index contributed by atoms with van der Waals surface area (Å²) in [7, 11) is 0. The minimum Gasteiger partial charge on any atom is -0.466 e. The first-order valence-electron chi connectivity index (χ1n) is 6.09. The number of hydrogen-bond donors (Lipinski definition) is 0. The van der Waals surface area contributed by atoms with Crippen LogP contribution in [0.4, 0.5) is 8.78 Å². The lowest BCUT2D eigenvalue weighted by molar-refractivity contribution is -0.286. The van der Waals surface area contributed by atoms with Crippen LogP contribution in [0.2, 0.25) is 0 Å². The van der Waals surface area contributed by atoms with Crippen LogP contribution < -0.4 is 9.47 Å². The highest BCUT2D eigenvalue weighted by atomic mass is 79.9. The van der Waals surface area contributed by atoms with Gasteiger partial charge in [0.05, 0.1) is 12.5 Å². The molecule has 1 atom stereocenters. The van der Waals surface area contributed by atoms with Crippen molar-refractivity contribution in [2.75, 3.05) is 11.9 Å². The molecule has 1 aliphatic rings. The zero-order chi connectivity index (χ0) is 14.8. The van der Waals surface area contributed by atoms with Crippen molar-refractivity contribution in [2.45, 2.75) is 25.6 Å². The van der Waals surface area contributed by atoms with E-state index in [2.05, 4.69) is 25.4 Å². The molecule has 0 radical (unpaired) electrons. The smallest absolute Gasteiger partial charge is 0.466 e. The van der Waals surface area contributed by atoms with Crippen LogP contribution in [-0.2, 0) is 9.53 Å². The van der Waals surface area contributed by atoms with Crippen molar-refractivity contribution in [2.24, 2.45) is 0 Å². The maximum Gasteiger partial charge on any atom is 0.586 e. The van der Waals surface area contributed by atoms with Crippen LogP contribution in [0.3, 0.4) is 0 Å². The fourth-order valence-corrected chi connectivity index (χ4v) is 2.41. The van der Waals surface area contributed by atoms with E-state index in [0.29, 0.717) is 17.3 Å². The number of fused-ring (bicyclic) bond motifs is 1. The maximum atomic E-state index is 13.0. The average molecular weight is 351 g/mol. The molecule has 1 unspecified atom stereocenters. The van der Waals surface area contributed by atoms with E-state index in [1.165, 1.54) is 12.1 Å². The number of esters is 1. The van der Waals surface area contributed by atoms with E-state index in [9.17, 15) is 13.6 Å². The highest BCUT2D eigenvalue weighted by Crippen LogP contribution is 2.42. The van der Waals surface area contributed by atoms with Crippen LogP contribution in [0.25, 0.3) is 0 Å². The van der Waals surface area contributed by atoms with Gasteiger partial charge in [0.2, 0.25) is 0 Å². The fraction of sp³-hybridized carbons (Fsp3) is 0.462. The zero-order valence-corrected chi connectivity index (χ0v) is 12.3. The summed E-state index contributed by atoms with van der Waals surface area (Å²) < 4.78 is 39.6. The van der Waals surface area contributed by atoms with Gasteiger partial charge in [-0.05, 0) is 31.0 Å². The Kier molecular flexibility index (Phi) is 4.47. The van der Waals surface area contributed by atoms with Gasteiger partial charge in [0.1, 0.15) is 0 Å². The van der Waals surface area contributed by atoms with Gasteiger partial charge in [-0.1, -0.05) is 22.0 Å². The van der Waals surface area contributed by atoms with Gasteiger partial charge in [-0.3, -0.25) is 4.79 Å². The molecule has 0 saturated carbocycles. The highest BCUT2D eigenvalue weighted by Gasteiger charge is 2.43. The molecule has 0 aromatic heterocycles. The Balaban J connectivity index is 2.25. The molecular formula is C13H13BrF2O4. The quantitative estimate of drug-likeness (QED) is 0.602. The molecule has 1 aliphatic heterocycles. The average Bonchev–Trinajstić information content (AvgIpc) is 2.68. The summed E-state index contributed by atoms with van der Waals surface area (Å²) in [5, 5.41) is 0.584. The van der Waals surface area contributed by atoms with Crippen molar-refractivity contribution < 1.29 is 27.8 Å². The van der Waals surface area contributed by atoms with Gasteiger partial charge in [-0.15, -0.1) is 8.78 Å². The standard InChI is InChI=1S/C13H13BrF2O4/c1-2-18-12(17)9(5-6-14)8-3-4-10-11(7-8)20-13(15,16)19-10/h3-4,7,9H,2,5-6H2,1H3. The molecule has 0 aliphatic carbocycles. The molecule has 1 heterocycles. The third-order valence-corrected chi connectivity index (χ3v) is 3.25. The lowest BCUT2D eigenvalue weighted by atomic mass is 9.96. The molecule has 0 spiro atoms. The predicted molar refractivity (Wildman–Crippen MR) is 70.4 cm³/mol. The van der Waals surface area contributed by atoms with Gasteiger partial charge in [0, 0.05) is 5.33 Å². The van der Waals surface area contributed by atoms with E-state index in [-0.39, 0.29) is 18.1 Å². The van der Waals surface area contributed by atoms with Gasteiger partial charge in [0.15, 0.2) is 11.5 Å². The molecule has 0 bridgehead atoms. The second-order valence-corrected chi connectivity index (χ2v) is 4.95. The van der Waals surface area contributed by atoms with Crippen molar-refractivity contribution >= 4 is 21.9 Å². The van der Waals surface area contributed by atoms with E-state index < -0.39 is 18.2 Å². The Morgan fingerprint density at radius 2 is 2.10 bits per heavy atom. The summed E-state index contributed by atoms with van der Waals surface area (Å²) in [6, 6.07) is 4.32. The molecular weight excluding hydrogens is 338 g/mol. The minimum absolute atomic E-state index is 0.0415. The molecule has 110 valence electrons. The minimum atomic E-state index is -3.66. The topological polar surface area (TPSA) is 44.8 Å². The maximum absolute atomic E-state index is 13.0. The molecule has 7 heteroatoms. The largest absolute Gasteiger partial charge is 0.586 e. The van der Waals surface area contributed by atoms with Crippen LogP contribution in [-0.4, -0.2) is 24.2 Å². The summed E-state index contributed by atoms with van der Waals surface area (Å²) in [4.78, 5) is 11.9. The second-order valence-electron chi connectivity index (χ2n) is 4.16. The van der Waals surface area contributed by atoms with E-state index in [1.54, 1.807) is 13.0 Å². The zero-order valence-electron chi connectivity index (χ0n) is 10.7. The normalized spacial score (nSPS) is 16.8. The van der Waals surface area contributed by atoms with Gasteiger partial charge >= 0.3 is 12.3 Å². The van der Waals surface area contributed by atoms with Gasteiger partial charge in [0.25, 0.3) is 0 Å². The number of ether oxygens (including phenoxy) is 3. The first-order chi connectivity index (χ1) is 9.46. The lowest BCUT2D eigenvalue weighted by Crippen LogP contribution is -2.25. The number of benzene rings is 1. The van der Waals surface area contributed by atoms with Crippen LogP contribution in [0.5, 0.6) is 11.5 Å². The molecule has 20 heavy (non-hydrogen) atoms. The molecule has 1 aromatic rings. The lowest BCUT2D eigenvalue weighted by Gasteiger charge is -2.15. The summed E-state index contributed by atoms with van der Waals surface area (Å²) in [6.45, 7) is 1.98. The Bertz CT molecular complexity index is 507. The number of carbonyl (C=O) groups excluding carboxylic acids is 1. The van der Waals surface area contributed by atoms with E-state index in [0.717, 1.165) is 0 Å². The summed E-state index contributed by atoms with van der Waals surface area (Å²) in [5.74, 6) is -1.04.